The number of pyridine rings is 1. The van der Waals surface area contributed by atoms with Crippen LogP contribution in [0.15, 0.2) is 48.8 Å². The number of rotatable bonds is 4. The highest BCUT2D eigenvalue weighted by Gasteiger charge is 2.32. The fourth-order valence-corrected chi connectivity index (χ4v) is 3.58. The summed E-state index contributed by atoms with van der Waals surface area (Å²) in [5.74, 6) is 1.43. The van der Waals surface area contributed by atoms with Gasteiger partial charge >= 0.3 is 6.18 Å². The number of aromatic amines is 1. The van der Waals surface area contributed by atoms with E-state index in [9.17, 15) is 13.2 Å². The second-order valence-corrected chi connectivity index (χ2v) is 7.36. The van der Waals surface area contributed by atoms with Crippen LogP contribution in [0.3, 0.4) is 0 Å². The zero-order valence-corrected chi connectivity index (χ0v) is 16.2. The standard InChI is InChI=1S/C20H19ClF3N5/c21-16-3-1-2-14(10-16)17-12-26-19(27-17)15-4-5-25-18(11-15)29-8-6-28(7-9-29)13-20(22,23)24/h1-5,10-12H,6-9,13H2,(H,26,27). The molecule has 0 amide bonds. The molecule has 1 aromatic carbocycles. The number of imidazole rings is 1. The van der Waals surface area contributed by atoms with E-state index >= 15 is 0 Å². The molecule has 0 radical (unpaired) electrons. The first-order chi connectivity index (χ1) is 13.9. The Balaban J connectivity index is 1.47. The highest BCUT2D eigenvalue weighted by atomic mass is 35.5. The molecule has 2 aromatic heterocycles. The Morgan fingerprint density at radius 2 is 1.83 bits per heavy atom. The topological polar surface area (TPSA) is 48.0 Å². The summed E-state index contributed by atoms with van der Waals surface area (Å²) >= 11 is 6.05. The number of anilines is 1. The van der Waals surface area contributed by atoms with Crippen molar-refractivity contribution in [2.75, 3.05) is 37.6 Å². The van der Waals surface area contributed by atoms with Crippen LogP contribution in [0.25, 0.3) is 22.6 Å². The van der Waals surface area contributed by atoms with E-state index in [2.05, 4.69) is 15.0 Å². The molecule has 0 aliphatic carbocycles. The van der Waals surface area contributed by atoms with Gasteiger partial charge in [0.15, 0.2) is 0 Å². The van der Waals surface area contributed by atoms with Crippen LogP contribution in [0, 0.1) is 0 Å². The first-order valence-electron chi connectivity index (χ1n) is 9.19. The lowest BCUT2D eigenvalue weighted by Crippen LogP contribution is -2.49. The normalized spacial score (nSPS) is 15.7. The minimum Gasteiger partial charge on any atom is -0.354 e. The van der Waals surface area contributed by atoms with Crippen LogP contribution in [-0.4, -0.2) is 58.8 Å². The van der Waals surface area contributed by atoms with E-state index in [0.29, 0.717) is 37.0 Å². The number of hydrogen-bond donors (Lipinski definition) is 1. The number of halogens is 4. The zero-order valence-electron chi connectivity index (χ0n) is 15.5. The monoisotopic (exact) mass is 421 g/mol. The van der Waals surface area contributed by atoms with Crippen molar-refractivity contribution in [1.82, 2.24) is 19.9 Å². The Kier molecular flexibility index (Phi) is 5.47. The summed E-state index contributed by atoms with van der Waals surface area (Å²) < 4.78 is 37.7. The molecule has 1 aliphatic heterocycles. The number of aromatic nitrogens is 3. The lowest BCUT2D eigenvalue weighted by atomic mass is 10.2. The fourth-order valence-electron chi connectivity index (χ4n) is 3.39. The lowest BCUT2D eigenvalue weighted by Gasteiger charge is -2.35. The summed E-state index contributed by atoms with van der Waals surface area (Å²) in [5, 5.41) is 0.642. The SMILES string of the molecule is FC(F)(F)CN1CCN(c2cc(-c3nc(-c4cccc(Cl)c4)c[nH]3)ccn2)CC1. The van der Waals surface area contributed by atoms with Gasteiger partial charge < -0.3 is 9.88 Å². The van der Waals surface area contributed by atoms with Gasteiger partial charge in [0.2, 0.25) is 0 Å². The average molecular weight is 422 g/mol. The second kappa shape index (κ2) is 8.04. The molecule has 152 valence electrons. The molecule has 3 heterocycles. The van der Waals surface area contributed by atoms with Gasteiger partial charge in [-0.25, -0.2) is 9.97 Å². The van der Waals surface area contributed by atoms with Crippen LogP contribution in [-0.2, 0) is 0 Å². The van der Waals surface area contributed by atoms with Crippen molar-refractivity contribution < 1.29 is 13.2 Å². The summed E-state index contributed by atoms with van der Waals surface area (Å²) in [4.78, 5) is 15.6. The lowest BCUT2D eigenvalue weighted by molar-refractivity contribution is -0.146. The predicted molar refractivity (Wildman–Crippen MR) is 107 cm³/mol. The number of nitrogens with zero attached hydrogens (tertiary/aromatic N) is 4. The maximum Gasteiger partial charge on any atom is 0.401 e. The van der Waals surface area contributed by atoms with Crippen LogP contribution in [0.1, 0.15) is 0 Å². The number of H-pyrrole nitrogens is 1. The molecule has 1 aliphatic rings. The Labute approximate surface area is 171 Å². The fraction of sp³-hybridized carbons (Fsp3) is 0.300. The van der Waals surface area contributed by atoms with Crippen LogP contribution in [0.2, 0.25) is 5.02 Å². The number of nitrogens with one attached hydrogen (secondary N) is 1. The van der Waals surface area contributed by atoms with E-state index in [0.717, 1.165) is 22.6 Å². The van der Waals surface area contributed by atoms with Crippen molar-refractivity contribution in [2.45, 2.75) is 6.18 Å². The Bertz CT molecular complexity index is 980. The molecule has 29 heavy (non-hydrogen) atoms. The maximum absolute atomic E-state index is 12.6. The van der Waals surface area contributed by atoms with Gasteiger partial charge in [-0.05, 0) is 24.3 Å². The molecular weight excluding hydrogens is 403 g/mol. The molecule has 1 N–H and O–H groups in total. The summed E-state index contributed by atoms with van der Waals surface area (Å²) in [5.41, 5.74) is 2.55. The second-order valence-electron chi connectivity index (χ2n) is 6.93. The number of hydrogen-bond acceptors (Lipinski definition) is 4. The molecule has 0 saturated carbocycles. The third-order valence-electron chi connectivity index (χ3n) is 4.82. The van der Waals surface area contributed by atoms with Crippen LogP contribution in [0.4, 0.5) is 19.0 Å². The van der Waals surface area contributed by atoms with Gasteiger partial charge in [0.1, 0.15) is 11.6 Å². The van der Waals surface area contributed by atoms with Gasteiger partial charge in [-0.2, -0.15) is 13.2 Å². The van der Waals surface area contributed by atoms with Crippen molar-refractivity contribution in [3.05, 3.63) is 53.8 Å². The maximum atomic E-state index is 12.6. The van der Waals surface area contributed by atoms with Crippen LogP contribution in [0.5, 0.6) is 0 Å². The third-order valence-corrected chi connectivity index (χ3v) is 5.05. The molecule has 1 fully saturated rings. The number of piperazine rings is 1. The number of benzene rings is 1. The Morgan fingerprint density at radius 3 is 2.55 bits per heavy atom. The first-order valence-corrected chi connectivity index (χ1v) is 9.57. The smallest absolute Gasteiger partial charge is 0.354 e. The molecule has 0 unspecified atom stereocenters. The summed E-state index contributed by atoms with van der Waals surface area (Å²) in [6, 6.07) is 11.2. The van der Waals surface area contributed by atoms with Gasteiger partial charge in [0.05, 0.1) is 12.2 Å². The van der Waals surface area contributed by atoms with Gasteiger partial charge in [-0.1, -0.05) is 23.7 Å². The molecule has 9 heteroatoms. The van der Waals surface area contributed by atoms with Gasteiger partial charge in [0.25, 0.3) is 0 Å². The highest BCUT2D eigenvalue weighted by molar-refractivity contribution is 6.30. The molecule has 4 rings (SSSR count). The quantitative estimate of drug-likeness (QED) is 0.675. The van der Waals surface area contributed by atoms with E-state index in [1.807, 2.05) is 47.5 Å². The molecule has 5 nitrogen and oxygen atoms in total. The summed E-state index contributed by atoms with van der Waals surface area (Å²) in [6.45, 7) is 0.833. The van der Waals surface area contributed by atoms with Gasteiger partial charge in [0, 0.05) is 54.7 Å². The number of alkyl halides is 3. The Hall–Kier alpha value is -2.58. The average Bonchev–Trinajstić information content (AvgIpc) is 3.18. The van der Waals surface area contributed by atoms with Crippen molar-refractivity contribution in [3.8, 4) is 22.6 Å². The summed E-state index contributed by atoms with van der Waals surface area (Å²) in [7, 11) is 0. The minimum atomic E-state index is -4.17. The van der Waals surface area contributed by atoms with E-state index in [4.69, 9.17) is 11.6 Å². The molecule has 0 bridgehead atoms. The predicted octanol–water partition coefficient (Wildman–Crippen LogP) is 4.48. The van der Waals surface area contributed by atoms with Crippen molar-refractivity contribution in [1.29, 1.82) is 0 Å². The van der Waals surface area contributed by atoms with Crippen molar-refractivity contribution in [3.63, 3.8) is 0 Å². The van der Waals surface area contributed by atoms with E-state index in [1.54, 1.807) is 6.20 Å². The minimum absolute atomic E-state index is 0.352. The van der Waals surface area contributed by atoms with E-state index in [1.165, 1.54) is 4.90 Å². The van der Waals surface area contributed by atoms with Crippen molar-refractivity contribution in [2.24, 2.45) is 0 Å². The van der Waals surface area contributed by atoms with Gasteiger partial charge in [-0.3, -0.25) is 4.90 Å². The largest absolute Gasteiger partial charge is 0.401 e. The third kappa shape index (κ3) is 4.89. The molecule has 3 aromatic rings. The van der Waals surface area contributed by atoms with Crippen LogP contribution >= 0.6 is 11.6 Å². The molecule has 0 spiro atoms. The highest BCUT2D eigenvalue weighted by Crippen LogP contribution is 2.26. The Morgan fingerprint density at radius 1 is 1.03 bits per heavy atom. The molecule has 0 atom stereocenters. The first kappa shape index (κ1) is 19.7. The van der Waals surface area contributed by atoms with Crippen molar-refractivity contribution >= 4 is 17.4 Å². The van der Waals surface area contributed by atoms with Crippen LogP contribution < -0.4 is 4.90 Å². The van der Waals surface area contributed by atoms with Gasteiger partial charge in [-0.15, -0.1) is 0 Å². The molecular formula is C20H19ClF3N5. The van der Waals surface area contributed by atoms with E-state index in [-0.39, 0.29) is 0 Å². The zero-order chi connectivity index (χ0) is 20.4. The van der Waals surface area contributed by atoms with E-state index < -0.39 is 12.7 Å². The summed E-state index contributed by atoms with van der Waals surface area (Å²) in [6.07, 6.45) is -0.661. The molecule has 1 saturated heterocycles.